The molecule has 140 valence electrons. The number of aromatic nitrogens is 1. The molecule has 1 aromatic heterocycles. The molecule has 0 bridgehead atoms. The van der Waals surface area contributed by atoms with Crippen LogP contribution in [0.3, 0.4) is 0 Å². The van der Waals surface area contributed by atoms with Gasteiger partial charge in [0.05, 0.1) is 13.0 Å². The Morgan fingerprint density at radius 3 is 3.00 bits per heavy atom. The van der Waals surface area contributed by atoms with Crippen LogP contribution < -0.4 is 15.8 Å². The number of hydrogen-bond donors (Lipinski definition) is 3. The van der Waals surface area contributed by atoms with Gasteiger partial charge in [-0.2, -0.15) is 0 Å². The van der Waals surface area contributed by atoms with Gasteiger partial charge in [-0.3, -0.25) is 9.59 Å². The maximum atomic E-state index is 12.3. The lowest BCUT2D eigenvalue weighted by molar-refractivity contribution is -0.123. The van der Waals surface area contributed by atoms with Gasteiger partial charge in [-0.1, -0.05) is 0 Å². The third kappa shape index (κ3) is 4.35. The number of rotatable bonds is 7. The number of carbonyl (C=O) groups is 2. The van der Waals surface area contributed by atoms with Gasteiger partial charge in [-0.25, -0.2) is 0 Å². The van der Waals surface area contributed by atoms with Gasteiger partial charge in [0.25, 0.3) is 5.91 Å². The van der Waals surface area contributed by atoms with Gasteiger partial charge in [-0.05, 0) is 50.6 Å². The quantitative estimate of drug-likeness (QED) is 0.653. The Morgan fingerprint density at radius 1 is 1.38 bits per heavy atom. The van der Waals surface area contributed by atoms with Gasteiger partial charge in [0.15, 0.2) is 0 Å². The van der Waals surface area contributed by atoms with Crippen molar-refractivity contribution in [3.05, 3.63) is 30.0 Å². The number of ether oxygens (including phenoxy) is 1. The highest BCUT2D eigenvalue weighted by Gasteiger charge is 2.23. The number of hydrogen-bond acceptors (Lipinski definition) is 4. The first-order chi connectivity index (χ1) is 12.6. The molecule has 1 aromatic carbocycles. The fourth-order valence-corrected chi connectivity index (χ4v) is 3.45. The second kappa shape index (κ2) is 8.23. The number of nitrogens with two attached hydrogens (primary N) is 1. The SMILES string of the molecule is COc1ccc2cc(C(=O)NCCCN3CCCC(C(N)=O)C3)[nH]c2c1. The molecule has 0 radical (unpaired) electrons. The first-order valence-electron chi connectivity index (χ1n) is 9.03. The summed E-state index contributed by atoms with van der Waals surface area (Å²) in [7, 11) is 1.62. The largest absolute Gasteiger partial charge is 0.497 e. The van der Waals surface area contributed by atoms with Crippen LogP contribution in [-0.4, -0.2) is 55.0 Å². The summed E-state index contributed by atoms with van der Waals surface area (Å²) in [6, 6.07) is 7.51. The predicted octanol–water partition coefficient (Wildman–Crippen LogP) is 1.49. The fraction of sp³-hybridized carbons (Fsp3) is 0.474. The first-order valence-corrected chi connectivity index (χ1v) is 9.03. The van der Waals surface area contributed by atoms with E-state index in [0.717, 1.165) is 55.5 Å². The maximum Gasteiger partial charge on any atom is 0.267 e. The molecule has 2 aromatic rings. The molecule has 1 atom stereocenters. The molecular weight excluding hydrogens is 332 g/mol. The van der Waals surface area contributed by atoms with Crippen molar-refractivity contribution in [1.82, 2.24) is 15.2 Å². The monoisotopic (exact) mass is 358 g/mol. The molecule has 1 saturated heterocycles. The van der Waals surface area contributed by atoms with Gasteiger partial charge in [0.1, 0.15) is 11.4 Å². The summed E-state index contributed by atoms with van der Waals surface area (Å²) in [5.41, 5.74) is 6.82. The number of carbonyl (C=O) groups excluding carboxylic acids is 2. The predicted molar refractivity (Wildman–Crippen MR) is 100 cm³/mol. The summed E-state index contributed by atoms with van der Waals surface area (Å²) in [5, 5.41) is 3.92. The van der Waals surface area contributed by atoms with Crippen LogP contribution in [0.25, 0.3) is 10.9 Å². The molecule has 0 aliphatic carbocycles. The molecule has 4 N–H and O–H groups in total. The summed E-state index contributed by atoms with van der Waals surface area (Å²) in [6.45, 7) is 3.16. The Balaban J connectivity index is 1.46. The molecule has 1 unspecified atom stereocenters. The second-order valence-corrected chi connectivity index (χ2v) is 6.79. The minimum absolute atomic E-state index is 0.0401. The van der Waals surface area contributed by atoms with Crippen molar-refractivity contribution >= 4 is 22.7 Å². The minimum Gasteiger partial charge on any atom is -0.497 e. The van der Waals surface area contributed by atoms with E-state index in [-0.39, 0.29) is 17.7 Å². The van der Waals surface area contributed by atoms with E-state index in [1.165, 1.54) is 0 Å². The van der Waals surface area contributed by atoms with Gasteiger partial charge >= 0.3 is 0 Å². The van der Waals surface area contributed by atoms with Crippen LogP contribution >= 0.6 is 0 Å². The number of piperidine rings is 1. The lowest BCUT2D eigenvalue weighted by Crippen LogP contribution is -2.42. The van der Waals surface area contributed by atoms with E-state index in [0.29, 0.717) is 12.2 Å². The summed E-state index contributed by atoms with van der Waals surface area (Å²) in [4.78, 5) is 29.0. The zero-order valence-corrected chi connectivity index (χ0v) is 15.1. The van der Waals surface area contributed by atoms with Gasteiger partial charge in [0.2, 0.25) is 5.91 Å². The number of methoxy groups -OCH3 is 1. The van der Waals surface area contributed by atoms with Crippen LogP contribution in [-0.2, 0) is 4.79 Å². The fourth-order valence-electron chi connectivity index (χ4n) is 3.45. The van der Waals surface area contributed by atoms with Crippen LogP contribution in [0, 0.1) is 5.92 Å². The summed E-state index contributed by atoms with van der Waals surface area (Å²) in [5.74, 6) is 0.385. The van der Waals surface area contributed by atoms with Crippen LogP contribution in [0.5, 0.6) is 5.75 Å². The number of fused-ring (bicyclic) bond motifs is 1. The molecule has 1 aliphatic heterocycles. The molecule has 7 nitrogen and oxygen atoms in total. The summed E-state index contributed by atoms with van der Waals surface area (Å²) in [6.07, 6.45) is 2.72. The zero-order chi connectivity index (χ0) is 18.5. The van der Waals surface area contributed by atoms with E-state index in [1.807, 2.05) is 24.3 Å². The number of benzene rings is 1. The Hall–Kier alpha value is -2.54. The molecule has 3 rings (SSSR count). The summed E-state index contributed by atoms with van der Waals surface area (Å²) >= 11 is 0. The van der Waals surface area contributed by atoms with Gasteiger partial charge in [-0.15, -0.1) is 0 Å². The molecule has 0 saturated carbocycles. The summed E-state index contributed by atoms with van der Waals surface area (Å²) < 4.78 is 5.20. The number of primary amides is 1. The van der Waals surface area contributed by atoms with Crippen molar-refractivity contribution < 1.29 is 14.3 Å². The molecule has 7 heteroatoms. The highest BCUT2D eigenvalue weighted by molar-refractivity contribution is 5.98. The Labute approximate surface area is 152 Å². The average molecular weight is 358 g/mol. The molecule has 26 heavy (non-hydrogen) atoms. The van der Waals surface area contributed by atoms with Crippen molar-refractivity contribution in [2.24, 2.45) is 11.7 Å². The second-order valence-electron chi connectivity index (χ2n) is 6.79. The molecule has 0 spiro atoms. The number of nitrogens with one attached hydrogen (secondary N) is 2. The zero-order valence-electron chi connectivity index (χ0n) is 15.1. The molecule has 2 heterocycles. The van der Waals surface area contributed by atoms with Crippen LogP contribution in [0.4, 0.5) is 0 Å². The normalized spacial score (nSPS) is 18.0. The highest BCUT2D eigenvalue weighted by atomic mass is 16.5. The number of nitrogens with zero attached hydrogens (tertiary/aromatic N) is 1. The average Bonchev–Trinajstić information content (AvgIpc) is 3.08. The van der Waals surface area contributed by atoms with E-state index < -0.39 is 0 Å². The van der Waals surface area contributed by atoms with Crippen molar-refractivity contribution in [2.75, 3.05) is 33.3 Å². The standard InChI is InChI=1S/C19H26N4O3/c1-26-15-6-5-13-10-17(22-16(13)11-15)19(25)21-7-3-9-23-8-2-4-14(12-23)18(20)24/h5-6,10-11,14,22H,2-4,7-9,12H2,1H3,(H2,20,24)(H,21,25). The molecule has 2 amide bonds. The van der Waals surface area contributed by atoms with Gasteiger partial charge < -0.3 is 25.7 Å². The molecule has 1 fully saturated rings. The maximum absolute atomic E-state index is 12.3. The lowest BCUT2D eigenvalue weighted by Gasteiger charge is -2.31. The third-order valence-electron chi connectivity index (χ3n) is 4.92. The number of H-pyrrole nitrogens is 1. The number of amides is 2. The molecular formula is C19H26N4O3. The van der Waals surface area contributed by atoms with Crippen LogP contribution in [0.15, 0.2) is 24.3 Å². The Bertz CT molecular complexity index is 786. The van der Waals surface area contributed by atoms with Crippen LogP contribution in [0.2, 0.25) is 0 Å². The van der Waals surface area contributed by atoms with Crippen LogP contribution in [0.1, 0.15) is 29.8 Å². The van der Waals surface area contributed by atoms with E-state index in [1.54, 1.807) is 7.11 Å². The van der Waals surface area contributed by atoms with Crippen molar-refractivity contribution in [2.45, 2.75) is 19.3 Å². The van der Waals surface area contributed by atoms with E-state index in [9.17, 15) is 9.59 Å². The number of likely N-dealkylation sites (tertiary alicyclic amines) is 1. The third-order valence-corrected chi connectivity index (χ3v) is 4.92. The van der Waals surface area contributed by atoms with Crippen molar-refractivity contribution in [3.8, 4) is 5.75 Å². The van der Waals surface area contributed by atoms with E-state index in [4.69, 9.17) is 10.5 Å². The van der Waals surface area contributed by atoms with E-state index >= 15 is 0 Å². The van der Waals surface area contributed by atoms with E-state index in [2.05, 4.69) is 15.2 Å². The highest BCUT2D eigenvalue weighted by Crippen LogP contribution is 2.21. The Kier molecular flexibility index (Phi) is 5.78. The molecule has 1 aliphatic rings. The smallest absolute Gasteiger partial charge is 0.267 e. The lowest BCUT2D eigenvalue weighted by atomic mass is 9.97. The topological polar surface area (TPSA) is 100 Å². The minimum atomic E-state index is -0.210. The van der Waals surface area contributed by atoms with Crippen molar-refractivity contribution in [1.29, 1.82) is 0 Å². The van der Waals surface area contributed by atoms with Crippen molar-refractivity contribution in [3.63, 3.8) is 0 Å². The first kappa shape index (κ1) is 18.3. The number of aromatic amines is 1. The van der Waals surface area contributed by atoms with Gasteiger partial charge in [0, 0.05) is 30.1 Å². The Morgan fingerprint density at radius 2 is 2.23 bits per heavy atom.